The van der Waals surface area contributed by atoms with Gasteiger partial charge in [-0.3, -0.25) is 4.79 Å². The van der Waals surface area contributed by atoms with E-state index in [4.69, 9.17) is 0 Å². The zero-order valence-electron chi connectivity index (χ0n) is 11.8. The topological polar surface area (TPSA) is 79.4 Å². The largest absolute Gasteiger partial charge is 0.357 e. The number of sulfone groups is 1. The summed E-state index contributed by atoms with van der Waals surface area (Å²) in [5.74, 6) is 0.323. The fraction of sp³-hybridized carbons (Fsp3) is 0.571. The van der Waals surface area contributed by atoms with Crippen molar-refractivity contribution in [3.63, 3.8) is 0 Å². The minimum absolute atomic E-state index is 0.0435. The Hall–Kier alpha value is -1.63. The van der Waals surface area contributed by atoms with Gasteiger partial charge >= 0.3 is 0 Å². The average Bonchev–Trinajstić information content (AvgIpc) is 3.09. The summed E-state index contributed by atoms with van der Waals surface area (Å²) < 4.78 is 22.8. The van der Waals surface area contributed by atoms with Crippen molar-refractivity contribution in [2.24, 2.45) is 5.92 Å². The second kappa shape index (κ2) is 5.63. The van der Waals surface area contributed by atoms with Crippen molar-refractivity contribution in [3.05, 3.63) is 18.3 Å². The number of pyridine rings is 1. The second-order valence-corrected chi connectivity index (χ2v) is 7.92. The van der Waals surface area contributed by atoms with E-state index in [0.29, 0.717) is 12.1 Å². The lowest BCUT2D eigenvalue weighted by molar-refractivity contribution is -0.119. The van der Waals surface area contributed by atoms with E-state index in [9.17, 15) is 13.2 Å². The summed E-state index contributed by atoms with van der Waals surface area (Å²) in [7, 11) is -3.03. The third kappa shape index (κ3) is 3.34. The number of carbonyl (C=O) groups excluding carboxylic acids is 1. The fourth-order valence-corrected chi connectivity index (χ4v) is 4.58. The summed E-state index contributed by atoms with van der Waals surface area (Å²) >= 11 is 0. The van der Waals surface area contributed by atoms with Crippen LogP contribution >= 0.6 is 0 Å². The highest BCUT2D eigenvalue weighted by molar-refractivity contribution is 7.91. The van der Waals surface area contributed by atoms with Crippen molar-refractivity contribution in [1.82, 2.24) is 4.98 Å². The van der Waals surface area contributed by atoms with Gasteiger partial charge in [-0.05, 0) is 31.4 Å². The number of hydrogen-bond acceptors (Lipinski definition) is 5. The minimum atomic E-state index is -3.03. The van der Waals surface area contributed by atoms with E-state index in [1.807, 2.05) is 12.1 Å². The quantitative estimate of drug-likeness (QED) is 0.903. The molecule has 2 aliphatic heterocycles. The van der Waals surface area contributed by atoms with Crippen molar-refractivity contribution >= 4 is 27.2 Å². The van der Waals surface area contributed by atoms with Crippen LogP contribution < -0.4 is 10.2 Å². The monoisotopic (exact) mass is 309 g/mol. The number of rotatable bonds is 3. The maximum absolute atomic E-state index is 12.0. The Morgan fingerprint density at radius 1 is 1.29 bits per heavy atom. The number of nitrogens with zero attached hydrogens (tertiary/aromatic N) is 2. The summed E-state index contributed by atoms with van der Waals surface area (Å²) in [5.41, 5.74) is 0.618. The average molecular weight is 309 g/mol. The molecule has 6 nitrogen and oxygen atoms in total. The van der Waals surface area contributed by atoms with E-state index in [1.54, 1.807) is 6.20 Å². The number of aromatic nitrogens is 1. The molecule has 1 N–H and O–H groups in total. The molecule has 0 radical (unpaired) electrons. The van der Waals surface area contributed by atoms with Gasteiger partial charge in [0, 0.05) is 13.1 Å². The molecule has 1 atom stereocenters. The molecule has 2 fully saturated rings. The fourth-order valence-electron chi connectivity index (χ4n) is 2.84. The van der Waals surface area contributed by atoms with E-state index < -0.39 is 15.8 Å². The van der Waals surface area contributed by atoms with Gasteiger partial charge in [-0.2, -0.15) is 0 Å². The van der Waals surface area contributed by atoms with E-state index in [-0.39, 0.29) is 17.4 Å². The molecule has 0 bridgehead atoms. The van der Waals surface area contributed by atoms with E-state index in [1.165, 1.54) is 12.8 Å². The Bertz CT molecular complexity index is 621. The van der Waals surface area contributed by atoms with Crippen molar-refractivity contribution in [2.45, 2.75) is 19.3 Å². The molecule has 0 aliphatic carbocycles. The molecular formula is C14H19N3O3S. The van der Waals surface area contributed by atoms with Gasteiger partial charge in [-0.25, -0.2) is 13.4 Å². The smallest absolute Gasteiger partial charge is 0.228 e. The molecule has 3 heterocycles. The van der Waals surface area contributed by atoms with Crippen LogP contribution in [0.2, 0.25) is 0 Å². The molecule has 3 rings (SSSR count). The lowest BCUT2D eigenvalue weighted by Crippen LogP contribution is -2.24. The molecular weight excluding hydrogens is 290 g/mol. The van der Waals surface area contributed by atoms with Crippen LogP contribution in [0.4, 0.5) is 11.5 Å². The van der Waals surface area contributed by atoms with Crippen molar-refractivity contribution in [3.8, 4) is 0 Å². The summed E-state index contributed by atoms with van der Waals surface area (Å²) in [5, 5.41) is 2.76. The Balaban J connectivity index is 1.61. The first-order valence-corrected chi connectivity index (χ1v) is 9.08. The Kier molecular flexibility index (Phi) is 3.84. The predicted molar refractivity (Wildman–Crippen MR) is 81.1 cm³/mol. The first kappa shape index (κ1) is 14.3. The first-order chi connectivity index (χ1) is 10.0. The molecule has 1 unspecified atom stereocenters. The number of nitrogens with one attached hydrogen (secondary N) is 1. The van der Waals surface area contributed by atoms with Gasteiger partial charge in [-0.15, -0.1) is 0 Å². The highest BCUT2D eigenvalue weighted by Crippen LogP contribution is 2.22. The van der Waals surface area contributed by atoms with Gasteiger partial charge in [0.25, 0.3) is 0 Å². The molecule has 7 heteroatoms. The van der Waals surface area contributed by atoms with Crippen molar-refractivity contribution in [2.75, 3.05) is 34.8 Å². The predicted octanol–water partition coefficient (Wildman–Crippen LogP) is 1.05. The van der Waals surface area contributed by atoms with Gasteiger partial charge in [0.1, 0.15) is 5.82 Å². The highest BCUT2D eigenvalue weighted by Gasteiger charge is 2.32. The first-order valence-electron chi connectivity index (χ1n) is 7.26. The summed E-state index contributed by atoms with van der Waals surface area (Å²) in [6.45, 7) is 2.05. The molecule has 1 aromatic rings. The molecule has 0 saturated carbocycles. The summed E-state index contributed by atoms with van der Waals surface area (Å²) in [6, 6.07) is 3.72. The lowest BCUT2D eigenvalue weighted by atomic mass is 10.1. The third-order valence-corrected chi connectivity index (χ3v) is 5.82. The number of anilines is 2. The van der Waals surface area contributed by atoms with Crippen LogP contribution in [0.1, 0.15) is 19.3 Å². The van der Waals surface area contributed by atoms with Crippen molar-refractivity contribution in [1.29, 1.82) is 0 Å². The van der Waals surface area contributed by atoms with Crippen LogP contribution in [-0.2, 0) is 14.6 Å². The Morgan fingerprint density at radius 2 is 2.05 bits per heavy atom. The number of hydrogen-bond donors (Lipinski definition) is 1. The molecule has 2 aliphatic rings. The van der Waals surface area contributed by atoms with Gasteiger partial charge in [0.05, 0.1) is 29.3 Å². The molecule has 21 heavy (non-hydrogen) atoms. The maximum atomic E-state index is 12.0. The summed E-state index contributed by atoms with van der Waals surface area (Å²) in [4.78, 5) is 18.6. The third-order valence-electron chi connectivity index (χ3n) is 4.05. The van der Waals surface area contributed by atoms with Gasteiger partial charge in [-0.1, -0.05) is 0 Å². The normalized spacial score (nSPS) is 24.2. The van der Waals surface area contributed by atoms with Crippen molar-refractivity contribution < 1.29 is 13.2 Å². The maximum Gasteiger partial charge on any atom is 0.228 e. The van der Waals surface area contributed by atoms with E-state index in [2.05, 4.69) is 15.2 Å². The van der Waals surface area contributed by atoms with E-state index >= 15 is 0 Å². The van der Waals surface area contributed by atoms with Gasteiger partial charge in [0.2, 0.25) is 5.91 Å². The van der Waals surface area contributed by atoms with Crippen LogP contribution in [0.15, 0.2) is 18.3 Å². The molecule has 0 aromatic carbocycles. The second-order valence-electron chi connectivity index (χ2n) is 5.69. The van der Waals surface area contributed by atoms with Gasteiger partial charge < -0.3 is 10.2 Å². The van der Waals surface area contributed by atoms with E-state index in [0.717, 1.165) is 18.9 Å². The molecule has 0 spiro atoms. The SMILES string of the molecule is O=C(Nc1ccc(N2CCCC2)nc1)C1CCS(=O)(=O)C1. The molecule has 1 amide bonds. The highest BCUT2D eigenvalue weighted by atomic mass is 32.2. The molecule has 2 saturated heterocycles. The molecule has 114 valence electrons. The number of amides is 1. The summed E-state index contributed by atoms with van der Waals surface area (Å²) in [6.07, 6.45) is 4.43. The molecule has 1 aromatic heterocycles. The zero-order valence-corrected chi connectivity index (χ0v) is 12.6. The lowest BCUT2D eigenvalue weighted by Gasteiger charge is -2.16. The van der Waals surface area contributed by atoms with Crippen LogP contribution in [0.5, 0.6) is 0 Å². The van der Waals surface area contributed by atoms with Crippen LogP contribution in [0.25, 0.3) is 0 Å². The van der Waals surface area contributed by atoms with Crippen LogP contribution in [0.3, 0.4) is 0 Å². The van der Waals surface area contributed by atoms with Gasteiger partial charge in [0.15, 0.2) is 9.84 Å². The zero-order chi connectivity index (χ0) is 14.9. The van der Waals surface area contributed by atoms with Crippen LogP contribution in [0, 0.1) is 5.92 Å². The number of carbonyl (C=O) groups is 1. The van der Waals surface area contributed by atoms with Crippen LogP contribution in [-0.4, -0.2) is 43.9 Å². The standard InChI is InChI=1S/C14H19N3O3S/c18-14(11-5-8-21(19,20)10-11)16-12-3-4-13(15-9-12)17-6-1-2-7-17/h3-4,9,11H,1-2,5-8,10H2,(H,16,18). The Morgan fingerprint density at radius 3 is 2.62 bits per heavy atom. The minimum Gasteiger partial charge on any atom is -0.357 e. The Labute approximate surface area is 124 Å².